The van der Waals surface area contributed by atoms with Crippen molar-refractivity contribution in [2.24, 2.45) is 11.3 Å². The van der Waals surface area contributed by atoms with E-state index < -0.39 is 0 Å². The summed E-state index contributed by atoms with van der Waals surface area (Å²) in [4.78, 5) is 0. The molecular weight excluding hydrogens is 156 g/mol. The van der Waals surface area contributed by atoms with E-state index in [0.29, 0.717) is 16.8 Å². The van der Waals surface area contributed by atoms with Crippen LogP contribution in [0.1, 0.15) is 27.7 Å². The first-order valence-corrected chi connectivity index (χ1v) is 5.29. The highest BCUT2D eigenvalue weighted by atomic mass is 32.2. The Balaban J connectivity index is 2.36. The fraction of sp³-hybridized carbons (Fsp3) is 1.00. The Morgan fingerprint density at radius 3 is 2.45 bits per heavy atom. The zero-order chi connectivity index (χ0) is 8.48. The topological polar surface area (TPSA) is 9.23 Å². The van der Waals surface area contributed by atoms with Gasteiger partial charge in [-0.1, -0.05) is 27.7 Å². The third-order valence-electron chi connectivity index (χ3n) is 1.82. The van der Waals surface area contributed by atoms with Gasteiger partial charge in [0.1, 0.15) is 5.44 Å². The molecule has 1 atom stereocenters. The molecule has 0 saturated carbocycles. The minimum absolute atomic E-state index is 0.385. The molecular formula is C9H18OS. The molecule has 0 N–H and O–H groups in total. The SMILES string of the molecule is CC(C)C1OCC(C)(C)CS1. The van der Waals surface area contributed by atoms with E-state index in [1.165, 1.54) is 5.75 Å². The second-order valence-corrected chi connectivity index (χ2v) is 5.49. The van der Waals surface area contributed by atoms with Gasteiger partial charge in [-0.2, -0.15) is 0 Å². The van der Waals surface area contributed by atoms with Gasteiger partial charge in [-0.3, -0.25) is 0 Å². The summed E-state index contributed by atoms with van der Waals surface area (Å²) in [5.74, 6) is 1.88. The van der Waals surface area contributed by atoms with E-state index >= 15 is 0 Å². The van der Waals surface area contributed by atoms with Gasteiger partial charge in [-0.05, 0) is 11.3 Å². The molecule has 1 heterocycles. The van der Waals surface area contributed by atoms with Crippen LogP contribution in [0.25, 0.3) is 0 Å². The van der Waals surface area contributed by atoms with Gasteiger partial charge in [-0.25, -0.2) is 0 Å². The first kappa shape index (κ1) is 9.40. The van der Waals surface area contributed by atoms with Crippen molar-refractivity contribution in [1.82, 2.24) is 0 Å². The summed E-state index contributed by atoms with van der Waals surface area (Å²) < 4.78 is 5.72. The van der Waals surface area contributed by atoms with Crippen molar-refractivity contribution in [2.75, 3.05) is 12.4 Å². The molecule has 1 nitrogen and oxygen atoms in total. The van der Waals surface area contributed by atoms with Crippen LogP contribution in [0.15, 0.2) is 0 Å². The lowest BCUT2D eigenvalue weighted by atomic mass is 9.98. The van der Waals surface area contributed by atoms with E-state index in [4.69, 9.17) is 4.74 Å². The Hall–Kier alpha value is 0.310. The van der Waals surface area contributed by atoms with Gasteiger partial charge in [-0.15, -0.1) is 11.8 Å². The van der Waals surface area contributed by atoms with Crippen molar-refractivity contribution in [3.05, 3.63) is 0 Å². The molecule has 0 radical (unpaired) electrons. The highest BCUT2D eigenvalue weighted by Crippen LogP contribution is 2.34. The first-order chi connectivity index (χ1) is 5.01. The van der Waals surface area contributed by atoms with Crippen LogP contribution in [0, 0.1) is 11.3 Å². The molecule has 11 heavy (non-hydrogen) atoms. The summed E-state index contributed by atoms with van der Waals surface area (Å²) in [6, 6.07) is 0. The smallest absolute Gasteiger partial charge is 0.105 e. The minimum atomic E-state index is 0.385. The van der Waals surface area contributed by atoms with Crippen LogP contribution >= 0.6 is 11.8 Å². The molecule has 1 aliphatic heterocycles. The normalized spacial score (nSPS) is 30.8. The van der Waals surface area contributed by atoms with Crippen molar-refractivity contribution in [2.45, 2.75) is 33.1 Å². The maximum Gasteiger partial charge on any atom is 0.105 e. The van der Waals surface area contributed by atoms with Gasteiger partial charge < -0.3 is 4.74 Å². The van der Waals surface area contributed by atoms with E-state index in [-0.39, 0.29) is 0 Å². The monoisotopic (exact) mass is 174 g/mol. The minimum Gasteiger partial charge on any atom is -0.367 e. The molecule has 0 spiro atoms. The fourth-order valence-corrected chi connectivity index (χ4v) is 2.34. The van der Waals surface area contributed by atoms with Crippen LogP contribution in [0.2, 0.25) is 0 Å². The van der Waals surface area contributed by atoms with Crippen molar-refractivity contribution in [3.8, 4) is 0 Å². The molecule has 1 saturated heterocycles. The van der Waals surface area contributed by atoms with E-state index in [2.05, 4.69) is 27.7 Å². The average Bonchev–Trinajstić information content (AvgIpc) is 1.86. The van der Waals surface area contributed by atoms with E-state index in [9.17, 15) is 0 Å². The maximum atomic E-state index is 5.72. The number of ether oxygens (including phenoxy) is 1. The molecule has 0 aromatic rings. The number of rotatable bonds is 1. The lowest BCUT2D eigenvalue weighted by Crippen LogP contribution is -2.33. The van der Waals surface area contributed by atoms with Crippen molar-refractivity contribution < 1.29 is 4.74 Å². The van der Waals surface area contributed by atoms with Crippen molar-refractivity contribution >= 4 is 11.8 Å². The lowest BCUT2D eigenvalue weighted by Gasteiger charge is -2.35. The molecule has 0 amide bonds. The summed E-state index contributed by atoms with van der Waals surface area (Å²) in [5.41, 5.74) is 0.818. The molecule has 1 unspecified atom stereocenters. The average molecular weight is 174 g/mol. The van der Waals surface area contributed by atoms with E-state index in [1.807, 2.05) is 11.8 Å². The number of thioether (sulfide) groups is 1. The van der Waals surface area contributed by atoms with Gasteiger partial charge in [0.15, 0.2) is 0 Å². The van der Waals surface area contributed by atoms with Crippen LogP contribution < -0.4 is 0 Å². The quantitative estimate of drug-likeness (QED) is 0.604. The Morgan fingerprint density at radius 2 is 2.09 bits per heavy atom. The number of hydrogen-bond acceptors (Lipinski definition) is 2. The molecule has 0 aromatic heterocycles. The molecule has 1 fully saturated rings. The predicted molar refractivity (Wildman–Crippen MR) is 50.8 cm³/mol. The van der Waals surface area contributed by atoms with Gasteiger partial charge >= 0.3 is 0 Å². The zero-order valence-corrected chi connectivity index (χ0v) is 8.70. The second kappa shape index (κ2) is 3.36. The van der Waals surface area contributed by atoms with Crippen molar-refractivity contribution in [1.29, 1.82) is 0 Å². The fourth-order valence-electron chi connectivity index (χ4n) is 1.09. The molecule has 66 valence electrons. The highest BCUT2D eigenvalue weighted by Gasteiger charge is 2.29. The van der Waals surface area contributed by atoms with E-state index in [1.54, 1.807) is 0 Å². The first-order valence-electron chi connectivity index (χ1n) is 4.24. The summed E-state index contributed by atoms with van der Waals surface area (Å²) >= 11 is 1.96. The molecule has 1 rings (SSSR count). The summed E-state index contributed by atoms with van der Waals surface area (Å²) in [6.45, 7) is 9.88. The van der Waals surface area contributed by atoms with E-state index in [0.717, 1.165) is 6.61 Å². The summed E-state index contributed by atoms with van der Waals surface area (Å²) in [6.07, 6.45) is 0. The largest absolute Gasteiger partial charge is 0.367 e. The third-order valence-corrected chi connectivity index (χ3v) is 3.78. The Bertz CT molecular complexity index is 122. The van der Waals surface area contributed by atoms with Crippen LogP contribution in [-0.2, 0) is 4.74 Å². The maximum absolute atomic E-state index is 5.72. The molecule has 0 aromatic carbocycles. The van der Waals surface area contributed by atoms with Crippen molar-refractivity contribution in [3.63, 3.8) is 0 Å². The van der Waals surface area contributed by atoms with Gasteiger partial charge in [0, 0.05) is 5.75 Å². The van der Waals surface area contributed by atoms with Gasteiger partial charge in [0.2, 0.25) is 0 Å². The molecule has 1 aliphatic rings. The summed E-state index contributed by atoms with van der Waals surface area (Å²) in [7, 11) is 0. The van der Waals surface area contributed by atoms with Gasteiger partial charge in [0.25, 0.3) is 0 Å². The van der Waals surface area contributed by atoms with Crippen LogP contribution in [-0.4, -0.2) is 17.8 Å². The van der Waals surface area contributed by atoms with Crippen LogP contribution in [0.5, 0.6) is 0 Å². The number of hydrogen-bond donors (Lipinski definition) is 0. The van der Waals surface area contributed by atoms with Crippen LogP contribution in [0.3, 0.4) is 0 Å². The third kappa shape index (κ3) is 2.68. The second-order valence-electron chi connectivity index (χ2n) is 4.40. The molecule has 0 aliphatic carbocycles. The lowest BCUT2D eigenvalue weighted by molar-refractivity contribution is 0.0242. The standard InChI is InChI=1S/C9H18OS/c1-7(2)8-10-5-9(3,4)6-11-8/h7-8H,5-6H2,1-4H3. The van der Waals surface area contributed by atoms with Crippen LogP contribution in [0.4, 0.5) is 0 Å². The molecule has 2 heteroatoms. The highest BCUT2D eigenvalue weighted by molar-refractivity contribution is 7.99. The predicted octanol–water partition coefficient (Wildman–Crippen LogP) is 2.76. The van der Waals surface area contributed by atoms with Gasteiger partial charge in [0.05, 0.1) is 6.61 Å². The Morgan fingerprint density at radius 1 is 1.45 bits per heavy atom. The zero-order valence-electron chi connectivity index (χ0n) is 7.89. The molecule has 0 bridgehead atoms. The Labute approximate surface area is 73.9 Å². The summed E-state index contributed by atoms with van der Waals surface area (Å²) in [5, 5.41) is 0. The Kier molecular flexibility index (Phi) is 2.87.